The maximum atomic E-state index is 3.35. The summed E-state index contributed by atoms with van der Waals surface area (Å²) in [5, 5.41) is 3.35. The molecule has 3 heteroatoms. The molecule has 2 heterocycles. The van der Waals surface area contributed by atoms with Crippen LogP contribution >= 0.6 is 0 Å². The van der Waals surface area contributed by atoms with Crippen molar-refractivity contribution in [2.24, 2.45) is 0 Å². The zero-order valence-electron chi connectivity index (χ0n) is 11.8. The second-order valence-electron chi connectivity index (χ2n) is 5.95. The Hall–Kier alpha value is -0.120. The standard InChI is InChI=1S/C14H29N3/c1-12(2)16-9-6-13(7-10-16)17-8-4-5-14(17)11-15-3/h12-15H,4-11H2,1-3H3. The van der Waals surface area contributed by atoms with E-state index in [2.05, 4.69) is 36.0 Å². The van der Waals surface area contributed by atoms with E-state index in [4.69, 9.17) is 0 Å². The molecule has 1 unspecified atom stereocenters. The van der Waals surface area contributed by atoms with Crippen LogP contribution in [0.2, 0.25) is 0 Å². The number of rotatable bonds is 4. The molecule has 1 N–H and O–H groups in total. The van der Waals surface area contributed by atoms with E-state index in [1.165, 1.54) is 51.9 Å². The molecule has 17 heavy (non-hydrogen) atoms. The molecule has 0 aromatic carbocycles. The molecule has 2 saturated heterocycles. The van der Waals surface area contributed by atoms with Gasteiger partial charge in [-0.25, -0.2) is 0 Å². The molecule has 2 fully saturated rings. The van der Waals surface area contributed by atoms with Crippen LogP contribution in [0.25, 0.3) is 0 Å². The van der Waals surface area contributed by atoms with Gasteiger partial charge >= 0.3 is 0 Å². The van der Waals surface area contributed by atoms with Gasteiger partial charge in [0.15, 0.2) is 0 Å². The average Bonchev–Trinajstić information content (AvgIpc) is 2.78. The first-order valence-electron chi connectivity index (χ1n) is 7.36. The quantitative estimate of drug-likeness (QED) is 0.803. The molecule has 2 aliphatic heterocycles. The van der Waals surface area contributed by atoms with Gasteiger partial charge in [-0.1, -0.05) is 0 Å². The summed E-state index contributed by atoms with van der Waals surface area (Å²) in [5.74, 6) is 0. The zero-order chi connectivity index (χ0) is 12.3. The highest BCUT2D eigenvalue weighted by molar-refractivity contribution is 4.89. The van der Waals surface area contributed by atoms with Crippen LogP contribution in [-0.2, 0) is 0 Å². The van der Waals surface area contributed by atoms with E-state index >= 15 is 0 Å². The first kappa shape index (κ1) is 13.3. The number of hydrogen-bond acceptors (Lipinski definition) is 3. The molecule has 2 rings (SSSR count). The smallest absolute Gasteiger partial charge is 0.0223 e. The number of hydrogen-bond donors (Lipinski definition) is 1. The minimum Gasteiger partial charge on any atom is -0.318 e. The van der Waals surface area contributed by atoms with E-state index in [0.717, 1.165) is 18.1 Å². The summed E-state index contributed by atoms with van der Waals surface area (Å²) >= 11 is 0. The Morgan fingerprint density at radius 2 is 1.82 bits per heavy atom. The third kappa shape index (κ3) is 3.21. The van der Waals surface area contributed by atoms with Crippen LogP contribution in [-0.4, -0.2) is 61.2 Å². The van der Waals surface area contributed by atoms with E-state index in [0.29, 0.717) is 0 Å². The van der Waals surface area contributed by atoms with Gasteiger partial charge in [0.2, 0.25) is 0 Å². The SMILES string of the molecule is CNCC1CCCN1C1CCN(C(C)C)CC1. The summed E-state index contributed by atoms with van der Waals surface area (Å²) in [6.07, 6.45) is 5.54. The van der Waals surface area contributed by atoms with Crippen LogP contribution in [0.1, 0.15) is 39.5 Å². The van der Waals surface area contributed by atoms with Crippen molar-refractivity contribution in [1.29, 1.82) is 0 Å². The van der Waals surface area contributed by atoms with E-state index in [1.54, 1.807) is 0 Å². The average molecular weight is 239 g/mol. The van der Waals surface area contributed by atoms with Crippen molar-refractivity contribution in [2.75, 3.05) is 33.2 Å². The Morgan fingerprint density at radius 3 is 2.41 bits per heavy atom. The van der Waals surface area contributed by atoms with E-state index in [9.17, 15) is 0 Å². The Labute approximate surface area is 107 Å². The molecule has 0 radical (unpaired) electrons. The molecule has 0 bridgehead atoms. The predicted octanol–water partition coefficient (Wildman–Crippen LogP) is 1.54. The summed E-state index contributed by atoms with van der Waals surface area (Å²) in [6.45, 7) is 9.74. The van der Waals surface area contributed by atoms with Gasteiger partial charge < -0.3 is 10.2 Å². The lowest BCUT2D eigenvalue weighted by atomic mass is 10.0. The van der Waals surface area contributed by atoms with Crippen LogP contribution < -0.4 is 5.32 Å². The maximum Gasteiger partial charge on any atom is 0.0223 e. The molecule has 0 aliphatic carbocycles. The monoisotopic (exact) mass is 239 g/mol. The molecule has 1 atom stereocenters. The van der Waals surface area contributed by atoms with Crippen molar-refractivity contribution >= 4 is 0 Å². The third-order valence-corrected chi connectivity index (χ3v) is 4.56. The molecule has 0 aromatic heterocycles. The number of likely N-dealkylation sites (tertiary alicyclic amines) is 2. The lowest BCUT2D eigenvalue weighted by molar-refractivity contribution is 0.0845. The Kier molecular flexibility index (Phi) is 4.83. The fourth-order valence-electron chi connectivity index (χ4n) is 3.53. The molecular weight excluding hydrogens is 210 g/mol. The molecule has 100 valence electrons. The van der Waals surface area contributed by atoms with Gasteiger partial charge in [-0.05, 0) is 66.2 Å². The van der Waals surface area contributed by atoms with E-state index in [-0.39, 0.29) is 0 Å². The normalized spacial score (nSPS) is 29.3. The van der Waals surface area contributed by atoms with E-state index < -0.39 is 0 Å². The van der Waals surface area contributed by atoms with Crippen molar-refractivity contribution in [3.63, 3.8) is 0 Å². The summed E-state index contributed by atoms with van der Waals surface area (Å²) in [7, 11) is 2.08. The highest BCUT2D eigenvalue weighted by atomic mass is 15.2. The fourth-order valence-corrected chi connectivity index (χ4v) is 3.53. The highest BCUT2D eigenvalue weighted by Crippen LogP contribution is 2.26. The highest BCUT2D eigenvalue weighted by Gasteiger charge is 2.32. The second-order valence-corrected chi connectivity index (χ2v) is 5.95. The Balaban J connectivity index is 1.83. The van der Waals surface area contributed by atoms with Crippen molar-refractivity contribution < 1.29 is 0 Å². The molecule has 0 aromatic rings. The van der Waals surface area contributed by atoms with Crippen molar-refractivity contribution in [1.82, 2.24) is 15.1 Å². The summed E-state index contributed by atoms with van der Waals surface area (Å²) in [4.78, 5) is 5.41. The van der Waals surface area contributed by atoms with Gasteiger partial charge in [0, 0.05) is 24.7 Å². The van der Waals surface area contributed by atoms with Gasteiger partial charge in [-0.3, -0.25) is 4.90 Å². The lowest BCUT2D eigenvalue weighted by Gasteiger charge is -2.40. The first-order valence-corrected chi connectivity index (χ1v) is 7.36. The molecule has 0 saturated carbocycles. The number of piperidine rings is 1. The maximum absolute atomic E-state index is 3.35. The van der Waals surface area contributed by atoms with E-state index in [1.807, 2.05) is 0 Å². The molecule has 3 nitrogen and oxygen atoms in total. The van der Waals surface area contributed by atoms with Crippen LogP contribution in [0.3, 0.4) is 0 Å². The van der Waals surface area contributed by atoms with Gasteiger partial charge in [-0.2, -0.15) is 0 Å². The van der Waals surface area contributed by atoms with Gasteiger partial charge in [0.25, 0.3) is 0 Å². The summed E-state index contributed by atoms with van der Waals surface area (Å²) in [5.41, 5.74) is 0. The topological polar surface area (TPSA) is 18.5 Å². The minimum atomic E-state index is 0.725. The molecular formula is C14H29N3. The fraction of sp³-hybridized carbons (Fsp3) is 1.00. The van der Waals surface area contributed by atoms with Crippen LogP contribution in [0.15, 0.2) is 0 Å². The van der Waals surface area contributed by atoms with Gasteiger partial charge in [0.05, 0.1) is 0 Å². The van der Waals surface area contributed by atoms with Gasteiger partial charge in [-0.15, -0.1) is 0 Å². The molecule has 2 aliphatic rings. The number of nitrogens with zero attached hydrogens (tertiary/aromatic N) is 2. The zero-order valence-corrected chi connectivity index (χ0v) is 11.8. The number of nitrogens with one attached hydrogen (secondary N) is 1. The van der Waals surface area contributed by atoms with Crippen molar-refractivity contribution in [3.05, 3.63) is 0 Å². The Bertz CT molecular complexity index is 222. The molecule has 0 spiro atoms. The van der Waals surface area contributed by atoms with Crippen molar-refractivity contribution in [2.45, 2.75) is 57.7 Å². The summed E-state index contributed by atoms with van der Waals surface area (Å²) < 4.78 is 0. The summed E-state index contributed by atoms with van der Waals surface area (Å²) in [6, 6.07) is 2.38. The van der Waals surface area contributed by atoms with Crippen LogP contribution in [0.5, 0.6) is 0 Å². The van der Waals surface area contributed by atoms with Gasteiger partial charge in [0.1, 0.15) is 0 Å². The Morgan fingerprint density at radius 1 is 1.12 bits per heavy atom. The van der Waals surface area contributed by atoms with Crippen LogP contribution in [0, 0.1) is 0 Å². The second kappa shape index (κ2) is 6.17. The van der Waals surface area contributed by atoms with Crippen molar-refractivity contribution in [3.8, 4) is 0 Å². The first-order chi connectivity index (χ1) is 8.22. The largest absolute Gasteiger partial charge is 0.318 e. The van der Waals surface area contributed by atoms with Crippen LogP contribution in [0.4, 0.5) is 0 Å². The number of likely N-dealkylation sites (N-methyl/N-ethyl adjacent to an activating group) is 1. The minimum absolute atomic E-state index is 0.725. The lowest BCUT2D eigenvalue weighted by Crippen LogP contribution is -2.50. The predicted molar refractivity (Wildman–Crippen MR) is 73.4 cm³/mol. The molecule has 0 amide bonds. The third-order valence-electron chi connectivity index (χ3n) is 4.56.